The summed E-state index contributed by atoms with van der Waals surface area (Å²) in [4.78, 5) is 34.2. The molecule has 0 N–H and O–H groups in total. The molecular weight excluding hydrogens is 398 g/mol. The summed E-state index contributed by atoms with van der Waals surface area (Å²) in [6.45, 7) is 1.20. The summed E-state index contributed by atoms with van der Waals surface area (Å²) in [7, 11) is 3.65. The summed E-state index contributed by atoms with van der Waals surface area (Å²) in [5.74, 6) is 0.878. The van der Waals surface area contributed by atoms with Crippen molar-refractivity contribution in [2.45, 2.75) is 51.4 Å². The van der Waals surface area contributed by atoms with E-state index in [1.54, 1.807) is 17.3 Å². The van der Waals surface area contributed by atoms with Gasteiger partial charge in [0.25, 0.3) is 0 Å². The van der Waals surface area contributed by atoms with Crippen LogP contribution >= 0.6 is 0 Å². The zero-order valence-corrected chi connectivity index (χ0v) is 19.4. The first kappa shape index (κ1) is 22.5. The number of likely N-dealkylation sites (tertiary alicyclic amines) is 1. The second-order valence-electron chi connectivity index (χ2n) is 9.87. The predicted octanol–water partition coefficient (Wildman–Crippen LogP) is 4.57. The summed E-state index contributed by atoms with van der Waals surface area (Å²) < 4.78 is 0. The fourth-order valence-corrected chi connectivity index (χ4v) is 5.52. The number of hydrogen-bond acceptors (Lipinski definition) is 3. The van der Waals surface area contributed by atoms with Crippen LogP contribution in [0.1, 0.15) is 50.5 Å². The molecular formula is C27H35N3O2. The molecule has 4 rings (SSSR count). The van der Waals surface area contributed by atoms with Gasteiger partial charge in [0.2, 0.25) is 11.8 Å². The molecule has 2 aliphatic rings. The summed E-state index contributed by atoms with van der Waals surface area (Å²) >= 11 is 0. The summed E-state index contributed by atoms with van der Waals surface area (Å²) in [6, 6.07) is 12.4. The number of benzene rings is 1. The van der Waals surface area contributed by atoms with Crippen LogP contribution in [0, 0.1) is 11.3 Å². The minimum Gasteiger partial charge on any atom is -0.348 e. The van der Waals surface area contributed by atoms with Gasteiger partial charge >= 0.3 is 0 Å². The highest BCUT2D eigenvalue weighted by Gasteiger charge is 2.46. The average molecular weight is 434 g/mol. The molecule has 5 heteroatoms. The number of rotatable bonds is 6. The number of pyridine rings is 1. The zero-order chi connectivity index (χ0) is 22.6. The van der Waals surface area contributed by atoms with Crippen molar-refractivity contribution < 1.29 is 9.59 Å². The van der Waals surface area contributed by atoms with Gasteiger partial charge in [-0.25, -0.2) is 0 Å². The van der Waals surface area contributed by atoms with Crippen LogP contribution in [-0.4, -0.2) is 53.8 Å². The van der Waals surface area contributed by atoms with E-state index in [0.29, 0.717) is 31.8 Å². The molecule has 1 aliphatic heterocycles. The van der Waals surface area contributed by atoms with Gasteiger partial charge in [-0.1, -0.05) is 43.5 Å². The molecule has 0 bridgehead atoms. The van der Waals surface area contributed by atoms with Crippen LogP contribution in [0.3, 0.4) is 0 Å². The third-order valence-electron chi connectivity index (χ3n) is 7.24. The van der Waals surface area contributed by atoms with Crippen molar-refractivity contribution in [1.82, 2.24) is 14.8 Å². The van der Waals surface area contributed by atoms with Gasteiger partial charge in [-0.2, -0.15) is 0 Å². The minimum absolute atomic E-state index is 0.125. The molecule has 5 nitrogen and oxygen atoms in total. The van der Waals surface area contributed by atoms with Crippen LogP contribution < -0.4 is 0 Å². The molecule has 2 heterocycles. The lowest BCUT2D eigenvalue weighted by Gasteiger charge is -2.31. The number of carbonyl (C=O) groups is 2. The van der Waals surface area contributed by atoms with E-state index in [1.807, 2.05) is 31.1 Å². The standard InChI is InChI=1S/C27H35N3O2/c1-29(2)26(32)27(13-16-30(20-27)25(31)18-21-7-4-3-5-8-21)19-22-9-6-10-24(17-22)23-11-14-28-15-12-23/h6,9-12,14-15,17,21H,3-5,7-8,13,16,18-20H2,1-2H3/t27-/m0/s1. The quantitative estimate of drug-likeness (QED) is 0.671. The lowest BCUT2D eigenvalue weighted by atomic mass is 9.79. The highest BCUT2D eigenvalue weighted by atomic mass is 16.2. The highest BCUT2D eigenvalue weighted by molar-refractivity contribution is 5.85. The second kappa shape index (κ2) is 9.85. The van der Waals surface area contributed by atoms with Crippen molar-refractivity contribution in [3.05, 3.63) is 54.4 Å². The molecule has 2 amide bonds. The number of nitrogens with zero attached hydrogens (tertiary/aromatic N) is 3. The molecule has 1 aromatic heterocycles. The normalized spacial score (nSPS) is 21.5. The molecule has 0 unspecified atom stereocenters. The Morgan fingerprint density at radius 2 is 1.81 bits per heavy atom. The van der Waals surface area contributed by atoms with Crippen LogP contribution in [0.2, 0.25) is 0 Å². The molecule has 32 heavy (non-hydrogen) atoms. The Bertz CT molecular complexity index is 937. The van der Waals surface area contributed by atoms with Crippen molar-refractivity contribution in [3.8, 4) is 11.1 Å². The van der Waals surface area contributed by atoms with Gasteiger partial charge in [0.1, 0.15) is 0 Å². The Kier molecular flexibility index (Phi) is 6.92. The van der Waals surface area contributed by atoms with E-state index in [9.17, 15) is 9.59 Å². The van der Waals surface area contributed by atoms with Crippen LogP contribution in [0.4, 0.5) is 0 Å². The average Bonchev–Trinajstić information content (AvgIpc) is 3.25. The van der Waals surface area contributed by atoms with Crippen molar-refractivity contribution >= 4 is 11.8 Å². The maximum absolute atomic E-state index is 13.4. The number of hydrogen-bond donors (Lipinski definition) is 0. The Morgan fingerprint density at radius 1 is 1.06 bits per heavy atom. The van der Waals surface area contributed by atoms with Crippen LogP contribution in [0.15, 0.2) is 48.8 Å². The Labute approximate surface area is 191 Å². The van der Waals surface area contributed by atoms with Crippen LogP contribution in [0.25, 0.3) is 11.1 Å². The van der Waals surface area contributed by atoms with Crippen LogP contribution in [0.5, 0.6) is 0 Å². The van der Waals surface area contributed by atoms with Crippen molar-refractivity contribution in [3.63, 3.8) is 0 Å². The number of aromatic nitrogens is 1. The zero-order valence-electron chi connectivity index (χ0n) is 19.4. The third-order valence-corrected chi connectivity index (χ3v) is 7.24. The van der Waals surface area contributed by atoms with Gasteiger partial charge in [0.05, 0.1) is 5.41 Å². The van der Waals surface area contributed by atoms with E-state index < -0.39 is 5.41 Å². The monoisotopic (exact) mass is 433 g/mol. The Balaban J connectivity index is 1.52. The molecule has 170 valence electrons. The minimum atomic E-state index is -0.553. The van der Waals surface area contributed by atoms with E-state index in [-0.39, 0.29) is 11.8 Å². The first-order valence-electron chi connectivity index (χ1n) is 12.0. The van der Waals surface area contributed by atoms with Gasteiger partial charge in [0, 0.05) is 46.0 Å². The Morgan fingerprint density at radius 3 is 2.53 bits per heavy atom. The number of carbonyl (C=O) groups excluding carboxylic acids is 2. The first-order valence-corrected chi connectivity index (χ1v) is 12.0. The summed E-state index contributed by atoms with van der Waals surface area (Å²) in [5, 5.41) is 0. The molecule has 1 saturated carbocycles. The molecule has 1 aromatic carbocycles. The van der Waals surface area contributed by atoms with Crippen molar-refractivity contribution in [2.24, 2.45) is 11.3 Å². The lowest BCUT2D eigenvalue weighted by Crippen LogP contribution is -2.44. The lowest BCUT2D eigenvalue weighted by molar-refractivity contribution is -0.139. The van der Waals surface area contributed by atoms with E-state index in [1.165, 1.54) is 32.1 Å². The molecule has 0 spiro atoms. The highest BCUT2D eigenvalue weighted by Crippen LogP contribution is 2.38. The maximum Gasteiger partial charge on any atom is 0.230 e. The van der Waals surface area contributed by atoms with Crippen LogP contribution in [-0.2, 0) is 16.0 Å². The first-order chi connectivity index (χ1) is 15.5. The Hall–Kier alpha value is -2.69. The molecule has 0 radical (unpaired) electrons. The van der Waals surface area contributed by atoms with Gasteiger partial charge < -0.3 is 9.80 Å². The maximum atomic E-state index is 13.4. The third kappa shape index (κ3) is 5.03. The second-order valence-corrected chi connectivity index (χ2v) is 9.87. The molecule has 2 aromatic rings. The van der Waals surface area contributed by atoms with Gasteiger partial charge in [0.15, 0.2) is 0 Å². The number of amides is 2. The van der Waals surface area contributed by atoms with E-state index in [4.69, 9.17) is 0 Å². The summed E-state index contributed by atoms with van der Waals surface area (Å²) in [6.07, 6.45) is 11.7. The van der Waals surface area contributed by atoms with Gasteiger partial charge in [-0.05, 0) is 60.4 Å². The fourth-order valence-electron chi connectivity index (χ4n) is 5.52. The molecule has 1 atom stereocenters. The SMILES string of the molecule is CN(C)C(=O)[C@]1(Cc2cccc(-c3ccncc3)c2)CCN(C(=O)CC2CCCCC2)C1. The van der Waals surface area contributed by atoms with Crippen molar-refractivity contribution in [2.75, 3.05) is 27.2 Å². The molecule has 1 saturated heterocycles. The van der Waals surface area contributed by atoms with Gasteiger partial charge in [-0.15, -0.1) is 0 Å². The van der Waals surface area contributed by atoms with E-state index >= 15 is 0 Å². The van der Waals surface area contributed by atoms with Crippen molar-refractivity contribution in [1.29, 1.82) is 0 Å². The van der Waals surface area contributed by atoms with E-state index in [2.05, 4.69) is 29.2 Å². The van der Waals surface area contributed by atoms with Gasteiger partial charge in [-0.3, -0.25) is 14.6 Å². The fraction of sp³-hybridized carbons (Fsp3) is 0.519. The van der Waals surface area contributed by atoms with E-state index in [0.717, 1.165) is 23.1 Å². The molecule has 2 fully saturated rings. The smallest absolute Gasteiger partial charge is 0.230 e. The molecule has 1 aliphatic carbocycles. The topological polar surface area (TPSA) is 53.5 Å². The summed E-state index contributed by atoms with van der Waals surface area (Å²) in [5.41, 5.74) is 2.82. The largest absolute Gasteiger partial charge is 0.348 e. The predicted molar refractivity (Wildman–Crippen MR) is 127 cm³/mol.